The Morgan fingerprint density at radius 1 is 1.23 bits per heavy atom. The Morgan fingerprint density at radius 2 is 2.00 bits per heavy atom. The molecule has 0 spiro atoms. The van der Waals surface area contributed by atoms with E-state index in [1.807, 2.05) is 43.5 Å². The molecule has 0 atom stereocenters. The second kappa shape index (κ2) is 7.79. The van der Waals surface area contributed by atoms with Gasteiger partial charge < -0.3 is 15.4 Å². The Hall–Kier alpha value is -3.81. The van der Waals surface area contributed by atoms with Crippen molar-refractivity contribution in [3.05, 3.63) is 53.7 Å². The van der Waals surface area contributed by atoms with Crippen molar-refractivity contribution < 1.29 is 9.90 Å². The molecule has 8 nitrogen and oxygen atoms in total. The van der Waals surface area contributed by atoms with E-state index in [0.29, 0.717) is 11.4 Å². The zero-order chi connectivity index (χ0) is 22.3. The number of carbonyl (C=O) groups is 1. The zero-order valence-corrected chi connectivity index (χ0v) is 18.0. The maximum Gasteiger partial charge on any atom is 0.319 e. The summed E-state index contributed by atoms with van der Waals surface area (Å²) in [5, 5.41) is 22.7. The topological polar surface area (TPSA) is 111 Å². The number of nitrogens with zero attached hydrogens (tertiary/aromatic N) is 4. The van der Waals surface area contributed by atoms with Crippen LogP contribution in [0.4, 0.5) is 10.7 Å². The second-order valence-electron chi connectivity index (χ2n) is 7.85. The van der Waals surface area contributed by atoms with E-state index >= 15 is 0 Å². The highest BCUT2D eigenvalue weighted by atomic mass is 16.3. The summed E-state index contributed by atoms with van der Waals surface area (Å²) in [7, 11) is 0. The summed E-state index contributed by atoms with van der Waals surface area (Å²) in [5.41, 5.74) is 9.83. The molecule has 2 aromatic heterocycles. The van der Waals surface area contributed by atoms with Crippen LogP contribution in [-0.2, 0) is 6.42 Å². The first-order valence-corrected chi connectivity index (χ1v) is 10.3. The lowest BCUT2D eigenvalue weighted by Crippen LogP contribution is -2.22. The Bertz CT molecular complexity index is 1280. The number of anilines is 1. The van der Waals surface area contributed by atoms with Crippen molar-refractivity contribution in [1.29, 1.82) is 0 Å². The molecule has 2 heterocycles. The van der Waals surface area contributed by atoms with Crippen LogP contribution >= 0.6 is 0 Å². The van der Waals surface area contributed by atoms with Gasteiger partial charge in [0.05, 0.1) is 16.8 Å². The number of nitrogens with one attached hydrogen (secondary N) is 1. The normalized spacial score (nSPS) is 11.4. The molecule has 0 saturated carbocycles. The molecule has 2 amide bonds. The molecule has 0 unspecified atom stereocenters. The first-order valence-electron chi connectivity index (χ1n) is 10.3. The van der Waals surface area contributed by atoms with Crippen LogP contribution in [0.25, 0.3) is 28.0 Å². The summed E-state index contributed by atoms with van der Waals surface area (Å²) in [6.45, 7) is 8.26. The number of primary amides is 1. The largest absolute Gasteiger partial charge is 0.507 e. The lowest BCUT2D eigenvalue weighted by Gasteiger charge is -2.15. The molecule has 160 valence electrons. The molecule has 0 aliphatic rings. The third kappa shape index (κ3) is 3.50. The van der Waals surface area contributed by atoms with Crippen LogP contribution in [0.15, 0.2) is 42.6 Å². The van der Waals surface area contributed by atoms with Gasteiger partial charge in [0.15, 0.2) is 5.82 Å². The second-order valence-corrected chi connectivity index (χ2v) is 7.85. The van der Waals surface area contributed by atoms with Crippen LogP contribution in [-0.4, -0.2) is 30.5 Å². The Kier molecular flexibility index (Phi) is 5.14. The van der Waals surface area contributed by atoms with Crippen LogP contribution in [0, 0.1) is 6.92 Å². The van der Waals surface area contributed by atoms with Crippen molar-refractivity contribution in [3.8, 4) is 22.8 Å². The van der Waals surface area contributed by atoms with Gasteiger partial charge in [-0.05, 0) is 68.7 Å². The first-order chi connectivity index (χ1) is 14.8. The molecule has 0 radical (unpaired) electrons. The summed E-state index contributed by atoms with van der Waals surface area (Å²) in [4.78, 5) is 11.6. The zero-order valence-electron chi connectivity index (χ0n) is 18.0. The molecule has 0 aliphatic carbocycles. The van der Waals surface area contributed by atoms with E-state index < -0.39 is 6.03 Å². The molecule has 0 fully saturated rings. The SMILES string of the molecule is CCc1cc(-c2nnc(NC(N)=O)n2-c2cccc3c2ccn3C(C)C)c(O)cc1C. The van der Waals surface area contributed by atoms with Crippen molar-refractivity contribution in [2.45, 2.75) is 40.2 Å². The summed E-state index contributed by atoms with van der Waals surface area (Å²) < 4.78 is 3.89. The van der Waals surface area contributed by atoms with Crippen LogP contribution in [0.5, 0.6) is 5.75 Å². The van der Waals surface area contributed by atoms with Crippen molar-refractivity contribution >= 4 is 22.9 Å². The van der Waals surface area contributed by atoms with Gasteiger partial charge in [-0.25, -0.2) is 4.79 Å². The highest BCUT2D eigenvalue weighted by molar-refractivity contribution is 5.92. The van der Waals surface area contributed by atoms with Crippen LogP contribution in [0.3, 0.4) is 0 Å². The predicted molar refractivity (Wildman–Crippen MR) is 122 cm³/mol. The monoisotopic (exact) mass is 418 g/mol. The smallest absolute Gasteiger partial charge is 0.319 e. The highest BCUT2D eigenvalue weighted by Crippen LogP contribution is 2.36. The highest BCUT2D eigenvalue weighted by Gasteiger charge is 2.22. The van der Waals surface area contributed by atoms with E-state index in [1.54, 1.807) is 10.6 Å². The molecule has 0 bridgehead atoms. The molecule has 4 aromatic rings. The number of nitrogens with two attached hydrogens (primary N) is 1. The maximum atomic E-state index is 11.6. The molecule has 8 heteroatoms. The van der Waals surface area contributed by atoms with Gasteiger partial charge in [0.2, 0.25) is 5.95 Å². The number of phenolic OH excluding ortho intramolecular Hbond substituents is 1. The number of aromatic hydroxyl groups is 1. The number of carbonyl (C=O) groups excluding carboxylic acids is 1. The number of amides is 2. The van der Waals surface area contributed by atoms with Crippen molar-refractivity contribution in [2.24, 2.45) is 5.73 Å². The number of hydrogen-bond acceptors (Lipinski definition) is 4. The third-order valence-corrected chi connectivity index (χ3v) is 5.51. The van der Waals surface area contributed by atoms with Crippen LogP contribution in [0.1, 0.15) is 37.9 Å². The van der Waals surface area contributed by atoms with Gasteiger partial charge in [0, 0.05) is 17.6 Å². The van der Waals surface area contributed by atoms with E-state index in [2.05, 4.69) is 40.9 Å². The van der Waals surface area contributed by atoms with Crippen molar-refractivity contribution in [1.82, 2.24) is 19.3 Å². The van der Waals surface area contributed by atoms with E-state index in [4.69, 9.17) is 5.73 Å². The predicted octanol–water partition coefficient (Wildman–Crippen LogP) is 4.54. The number of urea groups is 1. The van der Waals surface area contributed by atoms with E-state index in [0.717, 1.165) is 34.1 Å². The summed E-state index contributed by atoms with van der Waals surface area (Å²) >= 11 is 0. The fraction of sp³-hybridized carbons (Fsp3) is 0.261. The molecule has 4 N–H and O–H groups in total. The Balaban J connectivity index is 2.02. The Morgan fingerprint density at radius 3 is 2.68 bits per heavy atom. The van der Waals surface area contributed by atoms with E-state index in [1.165, 1.54) is 0 Å². The van der Waals surface area contributed by atoms with Gasteiger partial charge >= 0.3 is 6.03 Å². The molecule has 0 saturated heterocycles. The maximum absolute atomic E-state index is 11.6. The van der Waals surface area contributed by atoms with Crippen LogP contribution < -0.4 is 11.1 Å². The average Bonchev–Trinajstić information content (AvgIpc) is 3.32. The number of benzene rings is 2. The van der Waals surface area contributed by atoms with Gasteiger partial charge in [0.1, 0.15) is 5.75 Å². The number of phenols is 1. The molecular formula is C23H26N6O2. The van der Waals surface area contributed by atoms with Crippen molar-refractivity contribution in [2.75, 3.05) is 5.32 Å². The summed E-state index contributed by atoms with van der Waals surface area (Å²) in [6, 6.07) is 11.1. The van der Waals surface area contributed by atoms with Crippen LogP contribution in [0.2, 0.25) is 0 Å². The molecule has 0 aliphatic heterocycles. The molecule has 4 rings (SSSR count). The quantitative estimate of drug-likeness (QED) is 0.442. The van der Waals surface area contributed by atoms with Gasteiger partial charge in [0.25, 0.3) is 0 Å². The lowest BCUT2D eigenvalue weighted by molar-refractivity contribution is 0.259. The summed E-state index contributed by atoms with van der Waals surface area (Å²) in [5.74, 6) is 0.701. The molecular weight excluding hydrogens is 392 g/mol. The minimum absolute atomic E-state index is 0.0981. The van der Waals surface area contributed by atoms with E-state index in [9.17, 15) is 9.90 Å². The van der Waals surface area contributed by atoms with Gasteiger partial charge in [-0.2, -0.15) is 0 Å². The van der Waals surface area contributed by atoms with Gasteiger partial charge in [-0.1, -0.05) is 13.0 Å². The lowest BCUT2D eigenvalue weighted by atomic mass is 10.0. The minimum atomic E-state index is -0.741. The summed E-state index contributed by atoms with van der Waals surface area (Å²) in [6.07, 6.45) is 2.84. The third-order valence-electron chi connectivity index (χ3n) is 5.51. The first kappa shape index (κ1) is 20.5. The van der Waals surface area contributed by atoms with Crippen molar-refractivity contribution in [3.63, 3.8) is 0 Å². The Labute approximate surface area is 180 Å². The number of fused-ring (bicyclic) bond motifs is 1. The number of aromatic nitrogens is 4. The number of hydrogen-bond donors (Lipinski definition) is 3. The standard InChI is InChI=1S/C23H26N6O2/c1-5-15-12-17(20(30)11-14(15)4)21-26-27-23(25-22(24)31)29(21)19-8-6-7-18-16(19)9-10-28(18)13(2)3/h6-13,30H,5H2,1-4H3,(H3,24,25,27,31). The van der Waals surface area contributed by atoms with Gasteiger partial charge in [-0.15, -0.1) is 10.2 Å². The van der Waals surface area contributed by atoms with E-state index in [-0.39, 0.29) is 17.7 Å². The fourth-order valence-electron chi connectivity index (χ4n) is 3.99. The number of aryl methyl sites for hydroxylation is 2. The average molecular weight is 419 g/mol. The number of rotatable bonds is 5. The molecule has 31 heavy (non-hydrogen) atoms. The fourth-order valence-corrected chi connectivity index (χ4v) is 3.99. The minimum Gasteiger partial charge on any atom is -0.507 e. The molecule has 2 aromatic carbocycles. The van der Waals surface area contributed by atoms with Gasteiger partial charge in [-0.3, -0.25) is 9.88 Å².